The van der Waals surface area contributed by atoms with Crippen LogP contribution in [0.5, 0.6) is 23.0 Å². The minimum atomic E-state index is -0.415. The predicted octanol–water partition coefficient (Wildman–Crippen LogP) is 5.12. The fraction of sp³-hybridized carbons (Fsp3) is 0.214. The Balaban J connectivity index is 1.36. The molecule has 36 heavy (non-hydrogen) atoms. The van der Waals surface area contributed by atoms with E-state index in [1.165, 1.54) is 6.26 Å². The maximum Gasteiger partial charge on any atom is 0.338 e. The van der Waals surface area contributed by atoms with Crippen LogP contribution in [0.4, 0.5) is 0 Å². The maximum absolute atomic E-state index is 13.2. The molecule has 0 atom stereocenters. The van der Waals surface area contributed by atoms with Gasteiger partial charge in [0, 0.05) is 13.1 Å². The Bertz CT molecular complexity index is 1440. The van der Waals surface area contributed by atoms with E-state index in [0.29, 0.717) is 54.5 Å². The second-order valence-electron chi connectivity index (χ2n) is 8.30. The summed E-state index contributed by atoms with van der Waals surface area (Å²) in [6, 6.07) is 17.7. The van der Waals surface area contributed by atoms with Crippen molar-refractivity contribution in [2.45, 2.75) is 20.0 Å². The number of rotatable bonds is 7. The van der Waals surface area contributed by atoms with Gasteiger partial charge in [0.15, 0.2) is 0 Å². The van der Waals surface area contributed by atoms with Gasteiger partial charge in [0.25, 0.3) is 0 Å². The Morgan fingerprint density at radius 1 is 1.00 bits per heavy atom. The van der Waals surface area contributed by atoms with Crippen molar-refractivity contribution in [1.29, 1.82) is 0 Å². The smallest absolute Gasteiger partial charge is 0.338 e. The van der Waals surface area contributed by atoms with Crippen LogP contribution in [0.25, 0.3) is 11.0 Å². The summed E-state index contributed by atoms with van der Waals surface area (Å²) >= 11 is 0. The summed E-state index contributed by atoms with van der Waals surface area (Å²) in [5.41, 5.74) is 2.52. The second kappa shape index (κ2) is 10.1. The second-order valence-corrected chi connectivity index (χ2v) is 8.30. The topological polar surface area (TPSA) is 87.4 Å². The van der Waals surface area contributed by atoms with Gasteiger partial charge in [0.2, 0.25) is 11.2 Å². The molecule has 1 aliphatic rings. The van der Waals surface area contributed by atoms with Crippen LogP contribution in [-0.4, -0.2) is 31.3 Å². The highest BCUT2D eigenvalue weighted by Crippen LogP contribution is 2.33. The Hall–Kier alpha value is -4.30. The molecule has 1 aliphatic heterocycles. The molecule has 0 unspecified atom stereocenters. The zero-order chi connectivity index (χ0) is 25.1. The van der Waals surface area contributed by atoms with E-state index in [2.05, 4.69) is 4.90 Å². The van der Waals surface area contributed by atoms with Crippen molar-refractivity contribution in [3.8, 4) is 23.0 Å². The van der Waals surface area contributed by atoms with E-state index in [0.717, 1.165) is 16.9 Å². The van der Waals surface area contributed by atoms with E-state index in [1.807, 2.05) is 24.3 Å². The molecule has 184 valence electrons. The van der Waals surface area contributed by atoms with Crippen LogP contribution in [0.1, 0.15) is 28.4 Å². The lowest BCUT2D eigenvalue weighted by molar-refractivity contribution is 0.0526. The zero-order valence-corrected chi connectivity index (χ0v) is 20.0. The highest BCUT2D eigenvalue weighted by Gasteiger charge is 2.23. The summed E-state index contributed by atoms with van der Waals surface area (Å²) in [7, 11) is 1.64. The Morgan fingerprint density at radius 3 is 2.47 bits per heavy atom. The van der Waals surface area contributed by atoms with Crippen LogP contribution in [0, 0.1) is 0 Å². The molecule has 3 aromatic carbocycles. The van der Waals surface area contributed by atoms with E-state index >= 15 is 0 Å². The predicted molar refractivity (Wildman–Crippen MR) is 133 cm³/mol. The van der Waals surface area contributed by atoms with Crippen molar-refractivity contribution >= 4 is 16.9 Å². The normalized spacial score (nSPS) is 13.1. The lowest BCUT2D eigenvalue weighted by Gasteiger charge is -2.29. The van der Waals surface area contributed by atoms with Crippen LogP contribution in [0.2, 0.25) is 0 Å². The Kier molecular flexibility index (Phi) is 6.60. The number of esters is 1. The van der Waals surface area contributed by atoms with E-state index in [4.69, 9.17) is 23.4 Å². The van der Waals surface area contributed by atoms with E-state index in [9.17, 15) is 9.59 Å². The van der Waals surface area contributed by atoms with Gasteiger partial charge in [0.05, 0.1) is 30.2 Å². The van der Waals surface area contributed by atoms with Gasteiger partial charge in [-0.1, -0.05) is 12.1 Å². The first-order valence-electron chi connectivity index (χ1n) is 11.6. The van der Waals surface area contributed by atoms with Crippen LogP contribution in [0.3, 0.4) is 0 Å². The SMILES string of the molecule is CCOC(=O)c1ccc(Oc2coc3c4c(ccc3c2=O)OCN(Cc2ccc(OC)cc2)C4)cc1. The van der Waals surface area contributed by atoms with Gasteiger partial charge in [-0.05, 0) is 61.0 Å². The molecular formula is C28H25NO7. The van der Waals surface area contributed by atoms with Crippen LogP contribution in [-0.2, 0) is 17.8 Å². The molecule has 0 bridgehead atoms. The van der Waals surface area contributed by atoms with E-state index in [-0.39, 0.29) is 11.2 Å². The van der Waals surface area contributed by atoms with Gasteiger partial charge in [0.1, 0.15) is 35.8 Å². The van der Waals surface area contributed by atoms with Crippen LogP contribution >= 0.6 is 0 Å². The third-order valence-electron chi connectivity index (χ3n) is 5.91. The lowest BCUT2D eigenvalue weighted by Crippen LogP contribution is -2.31. The lowest BCUT2D eigenvalue weighted by atomic mass is 10.1. The first kappa shape index (κ1) is 23.4. The fourth-order valence-electron chi connectivity index (χ4n) is 4.10. The largest absolute Gasteiger partial charge is 0.497 e. The first-order chi connectivity index (χ1) is 17.6. The minimum Gasteiger partial charge on any atom is -0.497 e. The number of methoxy groups -OCH3 is 1. The minimum absolute atomic E-state index is 0.0538. The molecule has 0 spiro atoms. The first-order valence-corrected chi connectivity index (χ1v) is 11.6. The van der Waals surface area contributed by atoms with Gasteiger partial charge in [-0.25, -0.2) is 4.79 Å². The molecule has 2 heterocycles. The molecule has 5 rings (SSSR count). The summed E-state index contributed by atoms with van der Waals surface area (Å²) in [4.78, 5) is 27.1. The average Bonchev–Trinajstić information content (AvgIpc) is 2.91. The molecule has 0 saturated carbocycles. The molecular weight excluding hydrogens is 462 g/mol. The van der Waals surface area contributed by atoms with Crippen LogP contribution in [0.15, 0.2) is 76.1 Å². The van der Waals surface area contributed by atoms with Crippen molar-refractivity contribution in [1.82, 2.24) is 4.90 Å². The van der Waals surface area contributed by atoms with Crippen molar-refractivity contribution in [2.75, 3.05) is 20.4 Å². The summed E-state index contributed by atoms with van der Waals surface area (Å²) < 4.78 is 27.8. The number of carbonyl (C=O) groups excluding carboxylic acids is 1. The summed E-state index contributed by atoms with van der Waals surface area (Å²) in [5.74, 6) is 1.54. The molecule has 1 aromatic heterocycles. The van der Waals surface area contributed by atoms with E-state index < -0.39 is 5.97 Å². The molecule has 0 aliphatic carbocycles. The molecule has 8 nitrogen and oxygen atoms in total. The third kappa shape index (κ3) is 4.76. The van der Waals surface area contributed by atoms with Crippen molar-refractivity contribution in [3.63, 3.8) is 0 Å². The van der Waals surface area contributed by atoms with Crippen molar-refractivity contribution in [2.24, 2.45) is 0 Å². The summed E-state index contributed by atoms with van der Waals surface area (Å²) in [6.07, 6.45) is 1.31. The Labute approximate surface area is 207 Å². The third-order valence-corrected chi connectivity index (χ3v) is 5.91. The van der Waals surface area contributed by atoms with Crippen molar-refractivity contribution < 1.29 is 28.2 Å². The van der Waals surface area contributed by atoms with E-state index in [1.54, 1.807) is 50.4 Å². The highest BCUT2D eigenvalue weighted by molar-refractivity contribution is 5.89. The highest BCUT2D eigenvalue weighted by atomic mass is 16.5. The molecule has 0 radical (unpaired) electrons. The van der Waals surface area contributed by atoms with Gasteiger partial charge in [-0.3, -0.25) is 9.69 Å². The molecule has 0 fully saturated rings. The quantitative estimate of drug-likeness (QED) is 0.332. The summed E-state index contributed by atoms with van der Waals surface area (Å²) in [6.45, 7) is 3.71. The summed E-state index contributed by atoms with van der Waals surface area (Å²) in [5, 5.41) is 0.407. The maximum atomic E-state index is 13.2. The number of fused-ring (bicyclic) bond motifs is 3. The number of benzene rings is 3. The zero-order valence-electron chi connectivity index (χ0n) is 20.0. The number of carbonyl (C=O) groups is 1. The van der Waals surface area contributed by atoms with Crippen LogP contribution < -0.4 is 19.6 Å². The standard InChI is InChI=1S/C28H25NO7/c1-3-33-28(31)19-6-10-21(11-7-19)36-25-16-34-27-22(26(25)30)12-13-24-23(27)15-29(17-35-24)14-18-4-8-20(32-2)9-5-18/h4-13,16H,3,14-15,17H2,1-2H3. The fourth-order valence-corrected chi connectivity index (χ4v) is 4.10. The average molecular weight is 488 g/mol. The molecule has 0 saturated heterocycles. The number of ether oxygens (including phenoxy) is 4. The van der Waals surface area contributed by atoms with Crippen molar-refractivity contribution in [3.05, 3.63) is 93.8 Å². The Morgan fingerprint density at radius 2 is 1.75 bits per heavy atom. The van der Waals surface area contributed by atoms with Gasteiger partial charge >= 0.3 is 5.97 Å². The molecule has 4 aromatic rings. The molecule has 0 N–H and O–H groups in total. The molecule has 0 amide bonds. The molecule has 8 heteroatoms. The van der Waals surface area contributed by atoms with Gasteiger partial charge in [-0.15, -0.1) is 0 Å². The van der Waals surface area contributed by atoms with Gasteiger partial charge in [-0.2, -0.15) is 0 Å². The number of hydrogen-bond donors (Lipinski definition) is 0. The number of hydrogen-bond acceptors (Lipinski definition) is 8. The monoisotopic (exact) mass is 487 g/mol. The van der Waals surface area contributed by atoms with Gasteiger partial charge < -0.3 is 23.4 Å². The number of nitrogens with zero attached hydrogens (tertiary/aromatic N) is 1.